The zero-order valence-electron chi connectivity index (χ0n) is 10.3. The molecule has 3 nitrogen and oxygen atoms in total. The molecule has 16 heavy (non-hydrogen) atoms. The molecule has 0 aliphatic heterocycles. The molecule has 0 fully saturated rings. The summed E-state index contributed by atoms with van der Waals surface area (Å²) in [7, 11) is 1.71. The molecule has 0 radical (unpaired) electrons. The van der Waals surface area contributed by atoms with Gasteiger partial charge in [-0.2, -0.15) is 0 Å². The minimum Gasteiger partial charge on any atom is -0.383 e. The lowest BCUT2D eigenvalue weighted by molar-refractivity contribution is 0.134. The van der Waals surface area contributed by atoms with Crippen LogP contribution in [0.2, 0.25) is 0 Å². The van der Waals surface area contributed by atoms with Gasteiger partial charge in [0.2, 0.25) is 0 Å². The summed E-state index contributed by atoms with van der Waals surface area (Å²) < 4.78 is 10.5. The number of anilines is 1. The highest BCUT2D eigenvalue weighted by molar-refractivity contribution is 5.51. The highest BCUT2D eigenvalue weighted by Crippen LogP contribution is 2.17. The smallest absolute Gasteiger partial charge is 0.0736 e. The lowest BCUT2D eigenvalue weighted by atomic mass is 10.1. The molecule has 1 atom stereocenters. The van der Waals surface area contributed by atoms with Crippen molar-refractivity contribution in [3.8, 4) is 0 Å². The molecule has 0 amide bonds. The van der Waals surface area contributed by atoms with Crippen LogP contribution >= 0.6 is 0 Å². The van der Waals surface area contributed by atoms with E-state index in [1.54, 1.807) is 7.11 Å². The Morgan fingerprint density at radius 1 is 1.31 bits per heavy atom. The van der Waals surface area contributed by atoms with Crippen LogP contribution < -0.4 is 5.32 Å². The molecule has 1 unspecified atom stereocenters. The first-order valence-electron chi connectivity index (χ1n) is 5.69. The van der Waals surface area contributed by atoms with E-state index in [0.717, 1.165) is 12.3 Å². The topological polar surface area (TPSA) is 30.5 Å². The molecule has 0 aromatic heterocycles. The molecule has 0 bridgehead atoms. The van der Waals surface area contributed by atoms with Crippen molar-refractivity contribution in [1.29, 1.82) is 0 Å². The summed E-state index contributed by atoms with van der Waals surface area (Å²) in [6.07, 6.45) is 0. The van der Waals surface area contributed by atoms with Crippen LogP contribution in [-0.2, 0) is 16.1 Å². The van der Waals surface area contributed by atoms with Gasteiger partial charge in [-0.15, -0.1) is 0 Å². The molecular weight excluding hydrogens is 202 g/mol. The molecule has 1 rings (SSSR count). The van der Waals surface area contributed by atoms with Crippen LogP contribution in [-0.4, -0.2) is 26.4 Å². The zero-order valence-corrected chi connectivity index (χ0v) is 10.3. The van der Waals surface area contributed by atoms with Crippen LogP contribution in [0.4, 0.5) is 5.69 Å². The Kier molecular flexibility index (Phi) is 5.90. The molecule has 0 aliphatic carbocycles. The van der Waals surface area contributed by atoms with Gasteiger partial charge in [-0.05, 0) is 19.9 Å². The largest absolute Gasteiger partial charge is 0.383 e. The standard InChI is InChI=1S/C13H21NO2/c1-4-16-10-12-7-5-6-8-13(12)14-11(2)9-15-3/h5-8,11,14H,4,9-10H2,1-3H3. The molecule has 3 heteroatoms. The molecule has 0 saturated heterocycles. The van der Waals surface area contributed by atoms with Crippen molar-refractivity contribution in [1.82, 2.24) is 0 Å². The normalized spacial score (nSPS) is 12.4. The second-order valence-electron chi connectivity index (χ2n) is 3.80. The van der Waals surface area contributed by atoms with E-state index in [9.17, 15) is 0 Å². The fourth-order valence-corrected chi connectivity index (χ4v) is 1.56. The number of methoxy groups -OCH3 is 1. The number of para-hydroxylation sites is 1. The molecule has 1 aromatic carbocycles. The van der Waals surface area contributed by atoms with E-state index in [0.29, 0.717) is 19.3 Å². The number of rotatable bonds is 7. The third-order valence-corrected chi connectivity index (χ3v) is 2.30. The molecule has 90 valence electrons. The van der Waals surface area contributed by atoms with Crippen molar-refractivity contribution in [2.45, 2.75) is 26.5 Å². The van der Waals surface area contributed by atoms with Gasteiger partial charge in [0.15, 0.2) is 0 Å². The number of hydrogen-bond donors (Lipinski definition) is 1. The van der Waals surface area contributed by atoms with Crippen LogP contribution in [0.1, 0.15) is 19.4 Å². The van der Waals surface area contributed by atoms with Crippen LogP contribution in [0.5, 0.6) is 0 Å². The third kappa shape index (κ3) is 4.21. The lowest BCUT2D eigenvalue weighted by Gasteiger charge is -2.17. The lowest BCUT2D eigenvalue weighted by Crippen LogP contribution is -2.21. The summed E-state index contributed by atoms with van der Waals surface area (Å²) in [5, 5.41) is 3.42. The summed E-state index contributed by atoms with van der Waals surface area (Å²) >= 11 is 0. The Labute approximate surface area is 97.8 Å². The van der Waals surface area contributed by atoms with Crippen molar-refractivity contribution in [3.05, 3.63) is 29.8 Å². The first-order chi connectivity index (χ1) is 7.77. The van der Waals surface area contributed by atoms with Gasteiger partial charge in [0.25, 0.3) is 0 Å². The maximum Gasteiger partial charge on any atom is 0.0736 e. The van der Waals surface area contributed by atoms with Gasteiger partial charge in [0.1, 0.15) is 0 Å². The van der Waals surface area contributed by atoms with E-state index in [1.807, 2.05) is 19.1 Å². The van der Waals surface area contributed by atoms with Crippen molar-refractivity contribution in [3.63, 3.8) is 0 Å². The second-order valence-corrected chi connectivity index (χ2v) is 3.80. The molecule has 1 N–H and O–H groups in total. The van der Waals surface area contributed by atoms with Gasteiger partial charge in [0, 0.05) is 31.0 Å². The van der Waals surface area contributed by atoms with E-state index in [4.69, 9.17) is 9.47 Å². The van der Waals surface area contributed by atoms with E-state index in [-0.39, 0.29) is 0 Å². The number of hydrogen-bond acceptors (Lipinski definition) is 3. The predicted molar refractivity (Wildman–Crippen MR) is 66.7 cm³/mol. The van der Waals surface area contributed by atoms with E-state index < -0.39 is 0 Å². The van der Waals surface area contributed by atoms with Gasteiger partial charge in [-0.1, -0.05) is 18.2 Å². The summed E-state index contributed by atoms with van der Waals surface area (Å²) in [4.78, 5) is 0. The highest BCUT2D eigenvalue weighted by Gasteiger charge is 2.05. The van der Waals surface area contributed by atoms with Crippen LogP contribution in [0.3, 0.4) is 0 Å². The molecular formula is C13H21NO2. The van der Waals surface area contributed by atoms with Gasteiger partial charge < -0.3 is 14.8 Å². The Hall–Kier alpha value is -1.06. The van der Waals surface area contributed by atoms with Crippen molar-refractivity contribution in [2.75, 3.05) is 25.6 Å². The van der Waals surface area contributed by atoms with E-state index in [2.05, 4.69) is 24.4 Å². The molecule has 0 saturated carbocycles. The summed E-state index contributed by atoms with van der Waals surface area (Å²) in [6, 6.07) is 8.50. The fraction of sp³-hybridized carbons (Fsp3) is 0.538. The fourth-order valence-electron chi connectivity index (χ4n) is 1.56. The number of ether oxygens (including phenoxy) is 2. The quantitative estimate of drug-likeness (QED) is 0.771. The molecule has 0 aliphatic rings. The highest BCUT2D eigenvalue weighted by atomic mass is 16.5. The number of benzene rings is 1. The average molecular weight is 223 g/mol. The first kappa shape index (κ1) is 13.0. The SMILES string of the molecule is CCOCc1ccccc1NC(C)COC. The molecule has 0 heterocycles. The zero-order chi connectivity index (χ0) is 11.8. The first-order valence-corrected chi connectivity index (χ1v) is 5.69. The Morgan fingerprint density at radius 2 is 2.06 bits per heavy atom. The predicted octanol–water partition coefficient (Wildman–Crippen LogP) is 2.67. The molecule has 1 aromatic rings. The van der Waals surface area contributed by atoms with Crippen molar-refractivity contribution >= 4 is 5.69 Å². The van der Waals surface area contributed by atoms with Crippen LogP contribution in [0, 0.1) is 0 Å². The average Bonchev–Trinajstić information content (AvgIpc) is 2.28. The molecule has 0 spiro atoms. The van der Waals surface area contributed by atoms with Crippen molar-refractivity contribution in [2.24, 2.45) is 0 Å². The number of nitrogens with one attached hydrogen (secondary N) is 1. The van der Waals surface area contributed by atoms with Gasteiger partial charge in [0.05, 0.1) is 13.2 Å². The van der Waals surface area contributed by atoms with Gasteiger partial charge >= 0.3 is 0 Å². The van der Waals surface area contributed by atoms with Gasteiger partial charge in [-0.25, -0.2) is 0 Å². The maximum absolute atomic E-state index is 5.43. The summed E-state index contributed by atoms with van der Waals surface area (Å²) in [5.41, 5.74) is 2.31. The Morgan fingerprint density at radius 3 is 2.75 bits per heavy atom. The minimum absolute atomic E-state index is 0.299. The summed E-state index contributed by atoms with van der Waals surface area (Å²) in [5.74, 6) is 0. The van der Waals surface area contributed by atoms with Gasteiger partial charge in [-0.3, -0.25) is 0 Å². The Balaban J connectivity index is 2.62. The van der Waals surface area contributed by atoms with Crippen molar-refractivity contribution < 1.29 is 9.47 Å². The van der Waals surface area contributed by atoms with E-state index >= 15 is 0 Å². The second kappa shape index (κ2) is 7.25. The summed E-state index contributed by atoms with van der Waals surface area (Å²) in [6.45, 7) is 6.19. The van der Waals surface area contributed by atoms with Crippen LogP contribution in [0.25, 0.3) is 0 Å². The minimum atomic E-state index is 0.299. The monoisotopic (exact) mass is 223 g/mol. The third-order valence-electron chi connectivity index (χ3n) is 2.30. The maximum atomic E-state index is 5.43. The van der Waals surface area contributed by atoms with E-state index in [1.165, 1.54) is 5.56 Å². The Bertz CT molecular complexity index is 302. The van der Waals surface area contributed by atoms with Crippen LogP contribution in [0.15, 0.2) is 24.3 Å².